The van der Waals surface area contributed by atoms with Gasteiger partial charge in [-0.25, -0.2) is 0 Å². The van der Waals surface area contributed by atoms with E-state index >= 15 is 0 Å². The van der Waals surface area contributed by atoms with Gasteiger partial charge in [-0.3, -0.25) is 15.0 Å². The minimum Gasteiger partial charge on any atom is -0.319 e. The molecule has 8 nitrogen and oxygen atoms in total. The van der Waals surface area contributed by atoms with Gasteiger partial charge in [-0.05, 0) is 30.7 Å². The van der Waals surface area contributed by atoms with Gasteiger partial charge in [0.15, 0.2) is 0 Å². The summed E-state index contributed by atoms with van der Waals surface area (Å²) in [7, 11) is 0. The molecule has 3 saturated heterocycles. The lowest BCUT2D eigenvalue weighted by molar-refractivity contribution is -0.939. The maximum absolute atomic E-state index is 10.8. The molecule has 5 rings (SSSR count). The molecule has 0 amide bonds. The number of nitrogens with zero attached hydrogens (tertiary/aromatic N) is 5. The molecule has 1 atom stereocenters. The molecular formula is C22H28ClN6O2+. The standard InChI is InChI=1S/C22H28ClN6O2/c1-17(24-8-12-29-13-9-27(10-14-29)11-15-29)18-2-4-19(5-3-18)25-26-22-7-6-20(28(30)31)16-21(22)23/h2-7,16-17,24H,8-15H2,1H3/q+1. The van der Waals surface area contributed by atoms with E-state index in [9.17, 15) is 10.1 Å². The van der Waals surface area contributed by atoms with Crippen molar-refractivity contribution >= 4 is 28.7 Å². The second-order valence-electron chi connectivity index (χ2n) is 8.44. The fraction of sp³-hybridized carbons (Fsp3) is 0.455. The number of nitro groups is 1. The van der Waals surface area contributed by atoms with Gasteiger partial charge in [-0.15, -0.1) is 5.11 Å². The molecule has 3 fully saturated rings. The average Bonchev–Trinajstić information content (AvgIpc) is 2.79. The predicted molar refractivity (Wildman–Crippen MR) is 121 cm³/mol. The third-order valence-corrected chi connectivity index (χ3v) is 6.82. The molecule has 3 aliphatic rings. The molecule has 3 aliphatic heterocycles. The largest absolute Gasteiger partial charge is 0.319 e. The van der Waals surface area contributed by atoms with E-state index in [-0.39, 0.29) is 16.8 Å². The Balaban J connectivity index is 1.30. The van der Waals surface area contributed by atoms with Gasteiger partial charge in [0, 0.05) is 44.4 Å². The Kier molecular flexibility index (Phi) is 6.62. The van der Waals surface area contributed by atoms with Gasteiger partial charge in [0.2, 0.25) is 0 Å². The van der Waals surface area contributed by atoms with E-state index in [0.717, 1.165) is 6.54 Å². The number of hydrogen-bond donors (Lipinski definition) is 1. The van der Waals surface area contributed by atoms with Crippen molar-refractivity contribution in [3.8, 4) is 0 Å². The van der Waals surface area contributed by atoms with Crippen LogP contribution in [0.25, 0.3) is 0 Å². The first-order chi connectivity index (χ1) is 14.9. The summed E-state index contributed by atoms with van der Waals surface area (Å²) >= 11 is 6.06. The summed E-state index contributed by atoms with van der Waals surface area (Å²) in [5.74, 6) is 0. The van der Waals surface area contributed by atoms with E-state index in [4.69, 9.17) is 11.6 Å². The van der Waals surface area contributed by atoms with Gasteiger partial charge in [0.05, 0.1) is 41.8 Å². The Morgan fingerprint density at radius 1 is 1.13 bits per heavy atom. The summed E-state index contributed by atoms with van der Waals surface area (Å²) in [6.45, 7) is 12.0. The molecule has 1 N–H and O–H groups in total. The topological polar surface area (TPSA) is 83.1 Å². The second kappa shape index (κ2) is 9.40. The van der Waals surface area contributed by atoms with E-state index in [2.05, 4.69) is 39.5 Å². The number of quaternary nitrogens is 1. The summed E-state index contributed by atoms with van der Waals surface area (Å²) in [6, 6.07) is 12.3. The van der Waals surface area contributed by atoms with Crippen LogP contribution in [0.15, 0.2) is 52.7 Å². The molecule has 0 aromatic heterocycles. The zero-order chi connectivity index (χ0) is 21.8. The van der Waals surface area contributed by atoms with Crippen molar-refractivity contribution in [3.63, 3.8) is 0 Å². The fourth-order valence-corrected chi connectivity index (χ4v) is 4.55. The summed E-state index contributed by atoms with van der Waals surface area (Å²) in [5.41, 5.74) is 2.24. The van der Waals surface area contributed by atoms with Crippen LogP contribution in [0.3, 0.4) is 0 Å². The molecule has 0 saturated carbocycles. The van der Waals surface area contributed by atoms with Gasteiger partial charge in [-0.1, -0.05) is 23.7 Å². The molecule has 9 heteroatoms. The van der Waals surface area contributed by atoms with Crippen LogP contribution in [-0.2, 0) is 0 Å². The highest BCUT2D eigenvalue weighted by Crippen LogP contribution is 2.30. The SMILES string of the molecule is CC(NCC[N+]12CCN(CC1)CC2)c1ccc(N=Nc2ccc([N+](=O)[O-])cc2Cl)cc1. The van der Waals surface area contributed by atoms with E-state index < -0.39 is 4.92 Å². The highest BCUT2D eigenvalue weighted by atomic mass is 35.5. The maximum atomic E-state index is 10.8. The van der Waals surface area contributed by atoms with Crippen molar-refractivity contribution in [2.24, 2.45) is 10.2 Å². The lowest BCUT2D eigenvalue weighted by Gasteiger charge is -2.50. The van der Waals surface area contributed by atoms with Gasteiger partial charge in [0.1, 0.15) is 5.69 Å². The maximum Gasteiger partial charge on any atom is 0.271 e. The molecule has 0 aliphatic carbocycles. The number of halogens is 1. The number of nitrogens with one attached hydrogen (secondary N) is 1. The van der Waals surface area contributed by atoms with Crippen LogP contribution in [0.2, 0.25) is 5.02 Å². The lowest BCUT2D eigenvalue weighted by Crippen LogP contribution is -2.68. The zero-order valence-electron chi connectivity index (χ0n) is 17.7. The van der Waals surface area contributed by atoms with Crippen molar-refractivity contribution in [3.05, 3.63) is 63.2 Å². The molecule has 164 valence electrons. The minimum absolute atomic E-state index is 0.0675. The number of non-ortho nitro benzene ring substituents is 1. The Morgan fingerprint density at radius 3 is 2.42 bits per heavy atom. The number of nitro benzene ring substituents is 1. The van der Waals surface area contributed by atoms with Crippen LogP contribution in [0.4, 0.5) is 17.1 Å². The molecule has 2 bridgehead atoms. The Labute approximate surface area is 187 Å². The van der Waals surface area contributed by atoms with Crippen LogP contribution < -0.4 is 5.32 Å². The normalized spacial score (nSPS) is 23.9. The smallest absolute Gasteiger partial charge is 0.271 e. The van der Waals surface area contributed by atoms with Crippen LogP contribution in [0.1, 0.15) is 18.5 Å². The van der Waals surface area contributed by atoms with Crippen LogP contribution in [-0.4, -0.2) is 66.7 Å². The molecule has 0 spiro atoms. The van der Waals surface area contributed by atoms with Crippen LogP contribution >= 0.6 is 11.6 Å². The van der Waals surface area contributed by atoms with E-state index in [1.54, 1.807) is 0 Å². The Hall–Kier alpha value is -2.39. The number of benzene rings is 2. The zero-order valence-corrected chi connectivity index (χ0v) is 18.5. The number of hydrogen-bond acceptors (Lipinski definition) is 6. The number of fused-ring (bicyclic) bond motifs is 3. The van der Waals surface area contributed by atoms with Crippen molar-refractivity contribution in [2.75, 3.05) is 52.4 Å². The summed E-state index contributed by atoms with van der Waals surface area (Å²) < 4.78 is 1.26. The van der Waals surface area contributed by atoms with Gasteiger partial charge in [-0.2, -0.15) is 5.11 Å². The van der Waals surface area contributed by atoms with Gasteiger partial charge < -0.3 is 9.80 Å². The monoisotopic (exact) mass is 443 g/mol. The van der Waals surface area contributed by atoms with E-state index in [1.807, 2.05) is 12.1 Å². The fourth-order valence-electron chi connectivity index (χ4n) is 4.33. The second-order valence-corrected chi connectivity index (χ2v) is 8.85. The van der Waals surface area contributed by atoms with Crippen LogP contribution in [0.5, 0.6) is 0 Å². The van der Waals surface area contributed by atoms with Crippen molar-refractivity contribution in [2.45, 2.75) is 13.0 Å². The lowest BCUT2D eigenvalue weighted by atomic mass is 10.1. The predicted octanol–water partition coefficient (Wildman–Crippen LogP) is 4.46. The van der Waals surface area contributed by atoms with Crippen LogP contribution in [0, 0.1) is 10.1 Å². The van der Waals surface area contributed by atoms with E-state index in [1.165, 1.54) is 74.1 Å². The van der Waals surface area contributed by atoms with Gasteiger partial charge in [0.25, 0.3) is 5.69 Å². The number of rotatable bonds is 8. The van der Waals surface area contributed by atoms with Crippen molar-refractivity contribution in [1.82, 2.24) is 10.2 Å². The number of piperazine rings is 3. The molecular weight excluding hydrogens is 416 g/mol. The van der Waals surface area contributed by atoms with E-state index in [0.29, 0.717) is 11.4 Å². The highest BCUT2D eigenvalue weighted by molar-refractivity contribution is 6.33. The first-order valence-electron chi connectivity index (χ1n) is 10.7. The third kappa shape index (κ3) is 5.27. The molecule has 2 aromatic rings. The van der Waals surface area contributed by atoms with Crippen molar-refractivity contribution < 1.29 is 9.41 Å². The number of azo groups is 1. The first-order valence-corrected chi connectivity index (χ1v) is 11.1. The first kappa shape index (κ1) is 21.8. The highest BCUT2D eigenvalue weighted by Gasteiger charge is 2.37. The van der Waals surface area contributed by atoms with Crippen molar-refractivity contribution in [1.29, 1.82) is 0 Å². The molecule has 0 radical (unpaired) electrons. The molecule has 1 unspecified atom stereocenters. The molecule has 2 aromatic carbocycles. The minimum atomic E-state index is -0.489. The quantitative estimate of drug-likeness (QED) is 0.282. The Bertz CT molecular complexity index is 943. The summed E-state index contributed by atoms with van der Waals surface area (Å²) in [5, 5.41) is 23.0. The third-order valence-electron chi connectivity index (χ3n) is 6.52. The molecule has 3 heterocycles. The Morgan fingerprint density at radius 2 is 1.81 bits per heavy atom. The summed E-state index contributed by atoms with van der Waals surface area (Å²) in [4.78, 5) is 12.9. The summed E-state index contributed by atoms with van der Waals surface area (Å²) in [6.07, 6.45) is 0. The van der Waals surface area contributed by atoms with Gasteiger partial charge >= 0.3 is 0 Å². The average molecular weight is 444 g/mol. The molecule has 31 heavy (non-hydrogen) atoms.